The van der Waals surface area contributed by atoms with Crippen molar-refractivity contribution in [1.82, 2.24) is 24.7 Å². The van der Waals surface area contributed by atoms with Crippen LogP contribution in [-0.4, -0.2) is 30.6 Å². The smallest absolute Gasteiger partial charge is 0.277 e. The number of rotatable bonds is 6. The van der Waals surface area contributed by atoms with E-state index in [-0.39, 0.29) is 11.6 Å². The van der Waals surface area contributed by atoms with Crippen LogP contribution in [0.3, 0.4) is 0 Å². The molecule has 9 heteroatoms. The van der Waals surface area contributed by atoms with E-state index in [1.165, 1.54) is 6.33 Å². The maximum Gasteiger partial charge on any atom is 0.277 e. The number of imidazole rings is 1. The largest absolute Gasteiger partial charge is 0.439 e. The Morgan fingerprint density at radius 3 is 2.50 bits per heavy atom. The molecule has 0 aliphatic rings. The third kappa shape index (κ3) is 4.40. The molecule has 0 bridgehead atoms. The highest BCUT2D eigenvalue weighted by molar-refractivity contribution is 6.03. The Hall–Kier alpha value is -4.79. The lowest BCUT2D eigenvalue weighted by molar-refractivity contribution is 0.101. The number of anilines is 1. The first-order valence-electron chi connectivity index (χ1n) is 10.5. The van der Waals surface area contributed by atoms with E-state index in [2.05, 4.69) is 25.4 Å². The molecule has 168 valence electrons. The Morgan fingerprint density at radius 2 is 1.76 bits per heavy atom. The average molecular weight is 452 g/mol. The summed E-state index contributed by atoms with van der Waals surface area (Å²) in [6, 6.07) is 19.8. The molecular formula is C25H20N6O3. The maximum atomic E-state index is 12.5. The van der Waals surface area contributed by atoms with Gasteiger partial charge in [0, 0.05) is 29.1 Å². The maximum absolute atomic E-state index is 12.5. The topological polar surface area (TPSA) is 108 Å². The zero-order chi connectivity index (χ0) is 23.5. The molecule has 0 saturated carbocycles. The van der Waals surface area contributed by atoms with Crippen molar-refractivity contribution in [2.75, 3.05) is 5.32 Å². The monoisotopic (exact) mass is 452 g/mol. The lowest BCUT2D eigenvalue weighted by atomic mass is 10.1. The molecule has 0 saturated heterocycles. The predicted octanol–water partition coefficient (Wildman–Crippen LogP) is 4.98. The number of hydrogen-bond donors (Lipinski definition) is 1. The number of aromatic nitrogens is 5. The molecule has 5 aromatic rings. The first-order chi connectivity index (χ1) is 16.6. The number of nitrogens with zero attached hydrogens (tertiary/aromatic N) is 5. The molecule has 0 fully saturated rings. The summed E-state index contributed by atoms with van der Waals surface area (Å²) in [7, 11) is 0. The van der Waals surface area contributed by atoms with Crippen LogP contribution in [0.5, 0.6) is 11.6 Å². The Balaban J connectivity index is 1.25. The standard InChI is InChI=1S/C25H20N6O3/c1-16-17(2)31(15-28-16)23-13-24(27-14-26-23)33-20-10-8-19(9-11-20)29-25(32)21-12-22(34-30-21)18-6-4-3-5-7-18/h3-15H,1-2H3,(H,29,32). The van der Waals surface area contributed by atoms with Crippen LogP contribution in [0.1, 0.15) is 21.9 Å². The van der Waals surface area contributed by atoms with Crippen molar-refractivity contribution in [2.45, 2.75) is 13.8 Å². The summed E-state index contributed by atoms with van der Waals surface area (Å²) in [6.45, 7) is 3.91. The van der Waals surface area contributed by atoms with Gasteiger partial charge in [-0.25, -0.2) is 15.0 Å². The van der Waals surface area contributed by atoms with E-state index >= 15 is 0 Å². The second-order valence-electron chi connectivity index (χ2n) is 7.52. The zero-order valence-corrected chi connectivity index (χ0v) is 18.5. The quantitative estimate of drug-likeness (QED) is 0.387. The van der Waals surface area contributed by atoms with Crippen LogP contribution in [0, 0.1) is 13.8 Å². The Labute approximate surface area is 195 Å². The molecule has 1 amide bonds. The Bertz CT molecular complexity index is 1440. The molecule has 0 radical (unpaired) electrons. The van der Waals surface area contributed by atoms with Crippen LogP contribution in [0.4, 0.5) is 5.69 Å². The van der Waals surface area contributed by atoms with Gasteiger partial charge in [0.15, 0.2) is 11.5 Å². The van der Waals surface area contributed by atoms with Crippen molar-refractivity contribution in [3.8, 4) is 28.8 Å². The van der Waals surface area contributed by atoms with Crippen molar-refractivity contribution < 1.29 is 14.1 Å². The van der Waals surface area contributed by atoms with Gasteiger partial charge in [-0.3, -0.25) is 9.36 Å². The van der Waals surface area contributed by atoms with Gasteiger partial charge < -0.3 is 14.6 Å². The van der Waals surface area contributed by atoms with E-state index in [0.29, 0.717) is 28.9 Å². The summed E-state index contributed by atoms with van der Waals surface area (Å²) in [4.78, 5) is 25.3. The summed E-state index contributed by atoms with van der Waals surface area (Å²) in [5, 5.41) is 6.67. The van der Waals surface area contributed by atoms with Crippen LogP contribution in [0.25, 0.3) is 17.1 Å². The van der Waals surface area contributed by atoms with Crippen LogP contribution >= 0.6 is 0 Å². The van der Waals surface area contributed by atoms with Gasteiger partial charge in [-0.1, -0.05) is 35.5 Å². The first-order valence-corrected chi connectivity index (χ1v) is 10.5. The number of ether oxygens (including phenoxy) is 1. The number of hydrogen-bond acceptors (Lipinski definition) is 7. The van der Waals surface area contributed by atoms with Crippen molar-refractivity contribution in [3.05, 3.63) is 96.5 Å². The normalized spacial score (nSPS) is 10.8. The van der Waals surface area contributed by atoms with Gasteiger partial charge in [0.2, 0.25) is 5.88 Å². The SMILES string of the molecule is Cc1ncn(-c2cc(Oc3ccc(NC(=O)c4cc(-c5ccccc5)on4)cc3)ncn2)c1C. The Kier molecular flexibility index (Phi) is 5.57. The van der Waals surface area contributed by atoms with Crippen molar-refractivity contribution in [1.29, 1.82) is 0 Å². The summed E-state index contributed by atoms with van der Waals surface area (Å²) in [5.41, 5.74) is 3.56. The van der Waals surface area contributed by atoms with Crippen molar-refractivity contribution in [3.63, 3.8) is 0 Å². The molecule has 1 N–H and O–H groups in total. The molecule has 3 heterocycles. The third-order valence-corrected chi connectivity index (χ3v) is 5.26. The second-order valence-corrected chi connectivity index (χ2v) is 7.52. The van der Waals surface area contributed by atoms with Crippen LogP contribution in [0.2, 0.25) is 0 Å². The highest BCUT2D eigenvalue weighted by atomic mass is 16.5. The third-order valence-electron chi connectivity index (χ3n) is 5.26. The molecule has 0 aliphatic heterocycles. The summed E-state index contributed by atoms with van der Waals surface area (Å²) in [6.07, 6.45) is 3.15. The number of amides is 1. The fourth-order valence-corrected chi connectivity index (χ4v) is 3.29. The fourth-order valence-electron chi connectivity index (χ4n) is 3.29. The van der Waals surface area contributed by atoms with Crippen molar-refractivity contribution in [2.24, 2.45) is 0 Å². The van der Waals surface area contributed by atoms with E-state index in [4.69, 9.17) is 9.26 Å². The van der Waals surface area contributed by atoms with E-state index < -0.39 is 0 Å². The van der Waals surface area contributed by atoms with Crippen LogP contribution in [0.15, 0.2) is 83.9 Å². The fraction of sp³-hybridized carbons (Fsp3) is 0.0800. The summed E-state index contributed by atoms with van der Waals surface area (Å²) >= 11 is 0. The molecule has 0 atom stereocenters. The molecule has 0 spiro atoms. The van der Waals surface area contributed by atoms with Crippen LogP contribution < -0.4 is 10.1 Å². The number of benzene rings is 2. The van der Waals surface area contributed by atoms with Gasteiger partial charge in [-0.05, 0) is 38.1 Å². The number of carbonyl (C=O) groups excluding carboxylic acids is 1. The minimum atomic E-state index is -0.369. The molecule has 3 aromatic heterocycles. The number of aryl methyl sites for hydroxylation is 1. The van der Waals surface area contributed by atoms with Gasteiger partial charge in [0.05, 0.1) is 5.69 Å². The molecule has 2 aromatic carbocycles. The van der Waals surface area contributed by atoms with Gasteiger partial charge in [0.1, 0.15) is 24.2 Å². The van der Waals surface area contributed by atoms with E-state index in [1.807, 2.05) is 48.7 Å². The Morgan fingerprint density at radius 1 is 0.971 bits per heavy atom. The van der Waals surface area contributed by atoms with Crippen LogP contribution in [-0.2, 0) is 0 Å². The van der Waals surface area contributed by atoms with Gasteiger partial charge in [-0.15, -0.1) is 0 Å². The highest BCUT2D eigenvalue weighted by Crippen LogP contribution is 2.24. The van der Waals surface area contributed by atoms with Crippen molar-refractivity contribution >= 4 is 11.6 Å². The molecule has 0 unspecified atom stereocenters. The van der Waals surface area contributed by atoms with E-state index in [1.54, 1.807) is 42.7 Å². The van der Waals surface area contributed by atoms with E-state index in [0.717, 1.165) is 17.0 Å². The molecule has 5 rings (SSSR count). The number of carbonyl (C=O) groups is 1. The zero-order valence-electron chi connectivity index (χ0n) is 18.5. The highest BCUT2D eigenvalue weighted by Gasteiger charge is 2.14. The minimum absolute atomic E-state index is 0.192. The summed E-state index contributed by atoms with van der Waals surface area (Å²) in [5.74, 6) is 1.78. The lowest BCUT2D eigenvalue weighted by Gasteiger charge is -2.09. The lowest BCUT2D eigenvalue weighted by Crippen LogP contribution is -2.11. The average Bonchev–Trinajstić information content (AvgIpc) is 3.49. The summed E-state index contributed by atoms with van der Waals surface area (Å²) < 4.78 is 13.0. The minimum Gasteiger partial charge on any atom is -0.439 e. The number of nitrogens with one attached hydrogen (secondary N) is 1. The molecular weight excluding hydrogens is 432 g/mol. The predicted molar refractivity (Wildman–Crippen MR) is 125 cm³/mol. The first kappa shape index (κ1) is 21.1. The van der Waals surface area contributed by atoms with Gasteiger partial charge in [-0.2, -0.15) is 0 Å². The molecule has 9 nitrogen and oxygen atoms in total. The molecule has 0 aliphatic carbocycles. The van der Waals surface area contributed by atoms with Gasteiger partial charge in [0.25, 0.3) is 5.91 Å². The van der Waals surface area contributed by atoms with E-state index in [9.17, 15) is 4.79 Å². The van der Waals surface area contributed by atoms with Gasteiger partial charge >= 0.3 is 0 Å². The molecule has 34 heavy (non-hydrogen) atoms. The second kappa shape index (κ2) is 8.99.